The van der Waals surface area contributed by atoms with Gasteiger partial charge in [0.25, 0.3) is 0 Å². The summed E-state index contributed by atoms with van der Waals surface area (Å²) in [5, 5.41) is 2.16. The van der Waals surface area contributed by atoms with Crippen LogP contribution in [0, 0.1) is 12.3 Å². The van der Waals surface area contributed by atoms with Crippen molar-refractivity contribution in [2.75, 3.05) is 32.9 Å². The zero-order valence-electron chi connectivity index (χ0n) is 10.7. The van der Waals surface area contributed by atoms with E-state index in [9.17, 15) is 0 Å². The van der Waals surface area contributed by atoms with Crippen LogP contribution in [-0.4, -0.2) is 37.9 Å². The van der Waals surface area contributed by atoms with E-state index in [2.05, 4.69) is 32.3 Å². The number of hydrogen-bond acceptors (Lipinski definition) is 4. The van der Waals surface area contributed by atoms with E-state index in [1.165, 1.54) is 0 Å². The quantitative estimate of drug-likeness (QED) is 0.837. The molecule has 1 aliphatic rings. The molecule has 0 atom stereocenters. The van der Waals surface area contributed by atoms with Crippen molar-refractivity contribution in [1.29, 1.82) is 0 Å². The third-order valence-corrected chi connectivity index (χ3v) is 3.33. The molecule has 0 unspecified atom stereocenters. The van der Waals surface area contributed by atoms with Crippen LogP contribution in [0.15, 0.2) is 22.7 Å². The van der Waals surface area contributed by atoms with E-state index in [1.54, 1.807) is 0 Å². The average Bonchev–Trinajstić information content (AvgIpc) is 2.45. The molecule has 0 aliphatic carbocycles. The molecule has 4 nitrogen and oxygen atoms in total. The number of rotatable bonds is 5. The maximum Gasteiger partial charge on any atom is 0.148 e. The van der Waals surface area contributed by atoms with E-state index >= 15 is 0 Å². The highest BCUT2D eigenvalue weighted by Gasteiger charge is 2.11. The van der Waals surface area contributed by atoms with Crippen molar-refractivity contribution in [3.63, 3.8) is 0 Å². The van der Waals surface area contributed by atoms with Gasteiger partial charge in [-0.1, -0.05) is 21.9 Å². The minimum absolute atomic E-state index is 0.284. The van der Waals surface area contributed by atoms with Gasteiger partial charge >= 0.3 is 0 Å². The first-order valence-electron chi connectivity index (χ1n) is 6.20. The number of hydrazine groups is 1. The van der Waals surface area contributed by atoms with Crippen molar-refractivity contribution in [1.82, 2.24) is 10.4 Å². The van der Waals surface area contributed by atoms with Crippen LogP contribution < -0.4 is 10.2 Å². The van der Waals surface area contributed by atoms with Gasteiger partial charge in [-0.05, 0) is 18.2 Å². The molecule has 0 bridgehead atoms. The highest BCUT2D eigenvalue weighted by molar-refractivity contribution is 9.10. The molecular weight excluding hydrogens is 308 g/mol. The fourth-order valence-electron chi connectivity index (χ4n) is 1.86. The Hall–Kier alpha value is -1.06. The molecule has 0 saturated carbocycles. The number of hydrogen-bond donors (Lipinski definition) is 1. The number of ether oxygens (including phenoxy) is 2. The van der Waals surface area contributed by atoms with Gasteiger partial charge in [0.05, 0.1) is 13.2 Å². The van der Waals surface area contributed by atoms with Gasteiger partial charge < -0.3 is 9.47 Å². The van der Waals surface area contributed by atoms with Gasteiger partial charge in [0, 0.05) is 29.7 Å². The predicted molar refractivity (Wildman–Crippen MR) is 77.7 cm³/mol. The van der Waals surface area contributed by atoms with Crippen molar-refractivity contribution in [3.05, 3.63) is 28.2 Å². The highest BCUT2D eigenvalue weighted by Crippen LogP contribution is 2.23. The van der Waals surface area contributed by atoms with Crippen molar-refractivity contribution in [2.24, 2.45) is 0 Å². The summed E-state index contributed by atoms with van der Waals surface area (Å²) in [6.07, 6.45) is 5.23. The lowest BCUT2D eigenvalue weighted by atomic mass is 10.2. The third kappa shape index (κ3) is 4.51. The zero-order valence-corrected chi connectivity index (χ0v) is 12.3. The largest absolute Gasteiger partial charge is 0.481 e. The SMILES string of the molecule is C#CCOc1ccc(Br)cc1CNN1CCOCC1. The maximum atomic E-state index is 5.54. The molecule has 1 aliphatic heterocycles. The summed E-state index contributed by atoms with van der Waals surface area (Å²) in [7, 11) is 0. The first-order valence-corrected chi connectivity index (χ1v) is 7.00. The first-order chi connectivity index (χ1) is 9.29. The second-order valence-electron chi connectivity index (χ2n) is 4.18. The lowest BCUT2D eigenvalue weighted by molar-refractivity contribution is 0.0104. The molecule has 0 amide bonds. The summed E-state index contributed by atoms with van der Waals surface area (Å²) in [5.74, 6) is 3.30. The van der Waals surface area contributed by atoms with Gasteiger partial charge in [0.15, 0.2) is 0 Å². The van der Waals surface area contributed by atoms with Crippen molar-refractivity contribution >= 4 is 15.9 Å². The molecule has 0 spiro atoms. The topological polar surface area (TPSA) is 33.7 Å². The molecule has 1 aromatic carbocycles. The molecule has 1 N–H and O–H groups in total. The Morgan fingerprint density at radius 1 is 1.42 bits per heavy atom. The van der Waals surface area contributed by atoms with Crippen LogP contribution >= 0.6 is 15.9 Å². The van der Waals surface area contributed by atoms with Crippen LogP contribution in [0.3, 0.4) is 0 Å². The van der Waals surface area contributed by atoms with Crippen LogP contribution in [0.2, 0.25) is 0 Å². The lowest BCUT2D eigenvalue weighted by Gasteiger charge is -2.27. The minimum atomic E-state index is 0.284. The van der Waals surface area contributed by atoms with E-state index in [4.69, 9.17) is 15.9 Å². The number of nitrogens with one attached hydrogen (secondary N) is 1. The Balaban J connectivity index is 1.96. The standard InChI is InChI=1S/C14H17BrN2O2/c1-2-7-19-14-4-3-13(15)10-12(14)11-16-17-5-8-18-9-6-17/h1,3-4,10,16H,5-9,11H2. The summed E-state index contributed by atoms with van der Waals surface area (Å²) in [4.78, 5) is 0. The van der Waals surface area contributed by atoms with Gasteiger partial charge in [-0.3, -0.25) is 5.43 Å². The Morgan fingerprint density at radius 3 is 2.95 bits per heavy atom. The summed E-state index contributed by atoms with van der Waals surface area (Å²) in [5.41, 5.74) is 4.46. The van der Waals surface area contributed by atoms with E-state index in [0.29, 0.717) is 6.54 Å². The molecule has 5 heteroatoms. The number of benzene rings is 1. The Labute approximate surface area is 122 Å². The van der Waals surface area contributed by atoms with Crippen molar-refractivity contribution < 1.29 is 9.47 Å². The van der Waals surface area contributed by atoms with Gasteiger partial charge in [-0.2, -0.15) is 0 Å². The molecule has 1 heterocycles. The summed E-state index contributed by atoms with van der Waals surface area (Å²) < 4.78 is 11.9. The average molecular weight is 325 g/mol. The van der Waals surface area contributed by atoms with Gasteiger partial charge in [-0.25, -0.2) is 5.01 Å². The molecule has 1 saturated heterocycles. The molecule has 1 aromatic rings. The predicted octanol–water partition coefficient (Wildman–Crippen LogP) is 1.80. The number of nitrogens with zero attached hydrogens (tertiary/aromatic N) is 1. The fourth-order valence-corrected chi connectivity index (χ4v) is 2.27. The van der Waals surface area contributed by atoms with E-state index < -0.39 is 0 Å². The number of halogens is 1. The molecule has 0 aromatic heterocycles. The second-order valence-corrected chi connectivity index (χ2v) is 5.09. The summed E-state index contributed by atoms with van der Waals surface area (Å²) in [6.45, 7) is 4.33. The Bertz CT molecular complexity index is 453. The molecule has 19 heavy (non-hydrogen) atoms. The molecule has 0 radical (unpaired) electrons. The second kappa shape index (κ2) is 7.51. The Morgan fingerprint density at radius 2 is 2.21 bits per heavy atom. The minimum Gasteiger partial charge on any atom is -0.481 e. The smallest absolute Gasteiger partial charge is 0.148 e. The van der Waals surface area contributed by atoms with E-state index in [-0.39, 0.29) is 6.61 Å². The van der Waals surface area contributed by atoms with Crippen LogP contribution in [0.5, 0.6) is 5.75 Å². The van der Waals surface area contributed by atoms with Crippen LogP contribution in [0.25, 0.3) is 0 Å². The fraction of sp³-hybridized carbons (Fsp3) is 0.429. The van der Waals surface area contributed by atoms with E-state index in [1.807, 2.05) is 18.2 Å². The monoisotopic (exact) mass is 324 g/mol. The van der Waals surface area contributed by atoms with Crippen LogP contribution in [0.4, 0.5) is 0 Å². The third-order valence-electron chi connectivity index (χ3n) is 2.84. The molecule has 2 rings (SSSR count). The number of terminal acetylenes is 1. The van der Waals surface area contributed by atoms with E-state index in [0.717, 1.165) is 42.1 Å². The number of morpholine rings is 1. The maximum absolute atomic E-state index is 5.54. The Kier molecular flexibility index (Phi) is 5.67. The van der Waals surface area contributed by atoms with Gasteiger partial charge in [0.2, 0.25) is 0 Å². The van der Waals surface area contributed by atoms with Crippen LogP contribution in [0.1, 0.15) is 5.56 Å². The zero-order chi connectivity index (χ0) is 13.5. The summed E-state index contributed by atoms with van der Waals surface area (Å²) >= 11 is 3.47. The molecule has 1 fully saturated rings. The van der Waals surface area contributed by atoms with Crippen molar-refractivity contribution in [2.45, 2.75) is 6.54 Å². The molecular formula is C14H17BrN2O2. The lowest BCUT2D eigenvalue weighted by Crippen LogP contribution is -2.45. The van der Waals surface area contributed by atoms with Gasteiger partial charge in [-0.15, -0.1) is 6.42 Å². The normalized spacial score (nSPS) is 16.0. The van der Waals surface area contributed by atoms with Gasteiger partial charge in [0.1, 0.15) is 12.4 Å². The molecule has 102 valence electrons. The van der Waals surface area contributed by atoms with Crippen molar-refractivity contribution in [3.8, 4) is 18.1 Å². The van der Waals surface area contributed by atoms with Crippen LogP contribution in [-0.2, 0) is 11.3 Å². The summed E-state index contributed by atoms with van der Waals surface area (Å²) in [6, 6.07) is 5.92. The first kappa shape index (κ1) is 14.4. The highest BCUT2D eigenvalue weighted by atomic mass is 79.9.